The third-order valence-electron chi connectivity index (χ3n) is 3.38. The molecule has 1 fully saturated rings. The van der Waals surface area contributed by atoms with Gasteiger partial charge in [-0.05, 0) is 23.1 Å². The quantitative estimate of drug-likeness (QED) is 0.906. The Labute approximate surface area is 123 Å². The third-order valence-corrected chi connectivity index (χ3v) is 3.87. The fourth-order valence-electron chi connectivity index (χ4n) is 2.44. The van der Waals surface area contributed by atoms with Gasteiger partial charge >= 0.3 is 0 Å². The van der Waals surface area contributed by atoms with Crippen LogP contribution in [0.1, 0.15) is 19.4 Å². The van der Waals surface area contributed by atoms with Gasteiger partial charge in [0.15, 0.2) is 0 Å². The number of carbonyl (C=O) groups is 1. The van der Waals surface area contributed by atoms with Gasteiger partial charge in [0.2, 0.25) is 5.91 Å². The summed E-state index contributed by atoms with van der Waals surface area (Å²) in [6, 6.07) is 7.97. The Morgan fingerprint density at radius 3 is 3.00 bits per heavy atom. The Hall–Kier alpha value is -0.870. The van der Waals surface area contributed by atoms with E-state index in [0.717, 1.165) is 36.2 Å². The van der Waals surface area contributed by atoms with Crippen molar-refractivity contribution in [2.45, 2.75) is 20.3 Å². The van der Waals surface area contributed by atoms with E-state index in [1.807, 2.05) is 29.2 Å². The molecule has 0 saturated carbocycles. The van der Waals surface area contributed by atoms with Crippen LogP contribution in [0.5, 0.6) is 0 Å². The molecular formula is C15H21BrN2O. The number of nitrogens with zero attached hydrogens (tertiary/aromatic N) is 1. The maximum atomic E-state index is 12.4. The Morgan fingerprint density at radius 2 is 2.26 bits per heavy atom. The number of amides is 1. The number of rotatable bonds is 2. The smallest absolute Gasteiger partial charge is 0.227 e. The second kappa shape index (κ2) is 6.06. The largest absolute Gasteiger partial charge is 0.341 e. The van der Waals surface area contributed by atoms with Gasteiger partial charge in [0, 0.05) is 30.7 Å². The van der Waals surface area contributed by atoms with Crippen LogP contribution in [0.15, 0.2) is 28.7 Å². The van der Waals surface area contributed by atoms with Crippen LogP contribution in [0.4, 0.5) is 0 Å². The number of hydrogen-bond acceptors (Lipinski definition) is 2. The first-order valence-electron chi connectivity index (χ1n) is 6.69. The topological polar surface area (TPSA) is 32.3 Å². The first-order chi connectivity index (χ1) is 8.96. The van der Waals surface area contributed by atoms with Crippen LogP contribution in [-0.2, 0) is 11.2 Å². The summed E-state index contributed by atoms with van der Waals surface area (Å²) < 4.78 is 1.02. The zero-order chi connectivity index (χ0) is 13.9. The first-order valence-corrected chi connectivity index (χ1v) is 7.48. The van der Waals surface area contributed by atoms with E-state index in [1.54, 1.807) is 0 Å². The van der Waals surface area contributed by atoms with E-state index in [1.165, 1.54) is 0 Å². The predicted molar refractivity (Wildman–Crippen MR) is 81.1 cm³/mol. The van der Waals surface area contributed by atoms with Crippen LogP contribution in [0.25, 0.3) is 0 Å². The average molecular weight is 325 g/mol. The van der Waals surface area contributed by atoms with Crippen molar-refractivity contribution in [2.24, 2.45) is 5.41 Å². The zero-order valence-corrected chi connectivity index (χ0v) is 13.2. The maximum Gasteiger partial charge on any atom is 0.227 e. The highest BCUT2D eigenvalue weighted by atomic mass is 79.9. The highest BCUT2D eigenvalue weighted by Crippen LogP contribution is 2.19. The van der Waals surface area contributed by atoms with E-state index in [9.17, 15) is 4.79 Å². The number of hydrogen-bond donors (Lipinski definition) is 1. The molecule has 1 saturated heterocycles. The molecule has 0 unspecified atom stereocenters. The van der Waals surface area contributed by atoms with E-state index in [4.69, 9.17) is 0 Å². The molecule has 1 amide bonds. The highest BCUT2D eigenvalue weighted by Gasteiger charge is 2.27. The third kappa shape index (κ3) is 4.32. The predicted octanol–water partition coefficient (Wildman–Crippen LogP) is 2.45. The van der Waals surface area contributed by atoms with Crippen molar-refractivity contribution in [2.75, 3.05) is 26.2 Å². The van der Waals surface area contributed by atoms with Gasteiger partial charge in [-0.1, -0.05) is 41.9 Å². The minimum absolute atomic E-state index is 0.142. The molecule has 3 nitrogen and oxygen atoms in total. The Bertz CT molecular complexity index is 459. The number of halogens is 1. The summed E-state index contributed by atoms with van der Waals surface area (Å²) in [4.78, 5) is 14.4. The minimum atomic E-state index is 0.142. The maximum absolute atomic E-state index is 12.4. The summed E-state index contributed by atoms with van der Waals surface area (Å²) in [5, 5.41) is 3.39. The molecule has 0 radical (unpaired) electrons. The lowest BCUT2D eigenvalue weighted by atomic mass is 9.93. The van der Waals surface area contributed by atoms with E-state index < -0.39 is 0 Å². The monoisotopic (exact) mass is 324 g/mol. The Balaban J connectivity index is 2.02. The van der Waals surface area contributed by atoms with Gasteiger partial charge < -0.3 is 10.2 Å². The SMILES string of the molecule is CC1(C)CNCCN(C(=O)Cc2cccc(Br)c2)C1. The van der Waals surface area contributed by atoms with Crippen LogP contribution in [0.3, 0.4) is 0 Å². The fourth-order valence-corrected chi connectivity index (χ4v) is 2.89. The molecule has 19 heavy (non-hydrogen) atoms. The van der Waals surface area contributed by atoms with Crippen LogP contribution in [-0.4, -0.2) is 37.0 Å². The number of nitrogens with one attached hydrogen (secondary N) is 1. The molecule has 4 heteroatoms. The van der Waals surface area contributed by atoms with Gasteiger partial charge in [0.25, 0.3) is 0 Å². The van der Waals surface area contributed by atoms with Crippen molar-refractivity contribution >= 4 is 21.8 Å². The molecule has 0 bridgehead atoms. The molecule has 0 aromatic heterocycles. The van der Waals surface area contributed by atoms with Crippen LogP contribution >= 0.6 is 15.9 Å². The molecule has 1 aromatic carbocycles. The summed E-state index contributed by atoms with van der Waals surface area (Å²) in [5.74, 6) is 0.217. The molecule has 0 aliphatic carbocycles. The molecule has 2 rings (SSSR count). The molecule has 1 aromatic rings. The fraction of sp³-hybridized carbons (Fsp3) is 0.533. The van der Waals surface area contributed by atoms with E-state index in [0.29, 0.717) is 6.42 Å². The van der Waals surface area contributed by atoms with Gasteiger partial charge in [0.1, 0.15) is 0 Å². The van der Waals surface area contributed by atoms with E-state index in [2.05, 4.69) is 35.1 Å². The van der Waals surface area contributed by atoms with Crippen LogP contribution < -0.4 is 5.32 Å². The first kappa shape index (κ1) is 14.5. The summed E-state index contributed by atoms with van der Waals surface area (Å²) in [7, 11) is 0. The van der Waals surface area contributed by atoms with Gasteiger partial charge in [-0.3, -0.25) is 4.79 Å². The Morgan fingerprint density at radius 1 is 1.47 bits per heavy atom. The number of benzene rings is 1. The molecule has 1 aliphatic rings. The second-order valence-electron chi connectivity index (χ2n) is 5.96. The normalized spacial score (nSPS) is 19.0. The molecule has 1 aliphatic heterocycles. The minimum Gasteiger partial charge on any atom is -0.341 e. The van der Waals surface area contributed by atoms with E-state index >= 15 is 0 Å². The molecule has 1 N–H and O–H groups in total. The summed E-state index contributed by atoms with van der Waals surface area (Å²) in [6.07, 6.45) is 0.482. The average Bonchev–Trinajstić information content (AvgIpc) is 2.50. The van der Waals surface area contributed by atoms with Gasteiger partial charge in [-0.15, -0.1) is 0 Å². The van der Waals surface area contributed by atoms with Crippen LogP contribution in [0, 0.1) is 5.41 Å². The van der Waals surface area contributed by atoms with E-state index in [-0.39, 0.29) is 11.3 Å². The lowest BCUT2D eigenvalue weighted by Crippen LogP contribution is -2.39. The van der Waals surface area contributed by atoms with Gasteiger partial charge in [-0.2, -0.15) is 0 Å². The standard InChI is InChI=1S/C15H21BrN2O/c1-15(2)10-17-6-7-18(11-15)14(19)9-12-4-3-5-13(16)8-12/h3-5,8,17H,6-7,9-11H2,1-2H3. The van der Waals surface area contributed by atoms with Crippen LogP contribution in [0.2, 0.25) is 0 Å². The molecule has 0 atom stereocenters. The second-order valence-corrected chi connectivity index (χ2v) is 6.88. The van der Waals surface area contributed by atoms with Crippen molar-refractivity contribution < 1.29 is 4.79 Å². The molecule has 104 valence electrons. The lowest BCUT2D eigenvalue weighted by molar-refractivity contribution is -0.131. The van der Waals surface area contributed by atoms with Crippen molar-refractivity contribution in [1.29, 1.82) is 0 Å². The van der Waals surface area contributed by atoms with Gasteiger partial charge in [-0.25, -0.2) is 0 Å². The van der Waals surface area contributed by atoms with Crippen molar-refractivity contribution in [3.63, 3.8) is 0 Å². The zero-order valence-electron chi connectivity index (χ0n) is 11.6. The molecule has 0 spiro atoms. The lowest BCUT2D eigenvalue weighted by Gasteiger charge is -2.29. The van der Waals surface area contributed by atoms with Crippen molar-refractivity contribution in [1.82, 2.24) is 10.2 Å². The van der Waals surface area contributed by atoms with Crippen molar-refractivity contribution in [3.05, 3.63) is 34.3 Å². The highest BCUT2D eigenvalue weighted by molar-refractivity contribution is 9.10. The van der Waals surface area contributed by atoms with Gasteiger partial charge in [0.05, 0.1) is 6.42 Å². The van der Waals surface area contributed by atoms with Crippen molar-refractivity contribution in [3.8, 4) is 0 Å². The summed E-state index contributed by atoms with van der Waals surface area (Å²) in [6.45, 7) is 7.87. The molecule has 1 heterocycles. The Kier molecular flexibility index (Phi) is 4.63. The number of carbonyl (C=O) groups excluding carboxylic acids is 1. The summed E-state index contributed by atoms with van der Waals surface area (Å²) in [5.41, 5.74) is 1.21. The summed E-state index contributed by atoms with van der Waals surface area (Å²) >= 11 is 3.44. The molecular weight excluding hydrogens is 304 g/mol.